The highest BCUT2D eigenvalue weighted by molar-refractivity contribution is 5.91. The van der Waals surface area contributed by atoms with Crippen LogP contribution in [0, 0.1) is 12.8 Å². The third kappa shape index (κ3) is 4.45. The molecule has 0 bridgehead atoms. The Balaban J connectivity index is 2.14. The highest BCUT2D eigenvalue weighted by Gasteiger charge is 2.25. The highest BCUT2D eigenvalue weighted by Crippen LogP contribution is 2.36. The number of hydrogen-bond donors (Lipinski definition) is 0. The molecule has 1 fully saturated rings. The number of amides is 1. The summed E-state index contributed by atoms with van der Waals surface area (Å²) in [6.45, 7) is 4.37. The summed E-state index contributed by atoms with van der Waals surface area (Å²) >= 11 is 0. The first kappa shape index (κ1) is 16.3. The molecule has 4 nitrogen and oxygen atoms in total. The molecule has 0 aromatic heterocycles. The summed E-state index contributed by atoms with van der Waals surface area (Å²) in [5.41, 5.74) is 3.25. The summed E-state index contributed by atoms with van der Waals surface area (Å²) in [5.74, 6) is 0.0138. The van der Waals surface area contributed by atoms with Crippen molar-refractivity contribution in [1.29, 1.82) is 0 Å². The Hall–Kier alpha value is -2.10. The molecular formula is C18H23NO3. The molecule has 118 valence electrons. The molecular weight excluding hydrogens is 278 g/mol. The Bertz CT molecular complexity index is 588. The average molecular weight is 301 g/mol. The lowest BCUT2D eigenvalue weighted by atomic mass is 10.1. The third-order valence-electron chi connectivity index (χ3n) is 4.05. The van der Waals surface area contributed by atoms with Gasteiger partial charge in [-0.25, -0.2) is 0 Å². The van der Waals surface area contributed by atoms with E-state index in [4.69, 9.17) is 4.74 Å². The fraction of sp³-hybridized carbons (Fsp3) is 0.444. The number of benzene rings is 1. The Morgan fingerprint density at radius 3 is 2.59 bits per heavy atom. The van der Waals surface area contributed by atoms with Crippen LogP contribution in [0.1, 0.15) is 30.9 Å². The first-order valence-electron chi connectivity index (χ1n) is 7.59. The van der Waals surface area contributed by atoms with Crippen LogP contribution in [0.15, 0.2) is 35.9 Å². The van der Waals surface area contributed by atoms with Gasteiger partial charge in [-0.2, -0.15) is 0 Å². The van der Waals surface area contributed by atoms with Gasteiger partial charge in [-0.05, 0) is 43.7 Å². The molecule has 0 atom stereocenters. The number of methoxy groups -OCH3 is 1. The summed E-state index contributed by atoms with van der Waals surface area (Å²) in [4.78, 5) is 25.6. The molecule has 0 heterocycles. The van der Waals surface area contributed by atoms with Crippen molar-refractivity contribution in [1.82, 2.24) is 4.90 Å². The molecule has 0 spiro atoms. The van der Waals surface area contributed by atoms with Crippen LogP contribution in [-0.4, -0.2) is 30.4 Å². The number of ether oxygens (including phenoxy) is 1. The molecule has 4 heteroatoms. The van der Waals surface area contributed by atoms with Crippen LogP contribution in [0.2, 0.25) is 0 Å². The van der Waals surface area contributed by atoms with Crippen LogP contribution in [-0.2, 0) is 20.9 Å². The maximum atomic E-state index is 12.5. The van der Waals surface area contributed by atoms with E-state index in [0.29, 0.717) is 12.5 Å². The largest absolute Gasteiger partial charge is 0.468 e. The number of nitrogens with zero attached hydrogens (tertiary/aromatic N) is 1. The molecule has 0 N–H and O–H groups in total. The van der Waals surface area contributed by atoms with Gasteiger partial charge in [-0.3, -0.25) is 9.59 Å². The van der Waals surface area contributed by atoms with Crippen LogP contribution in [0.3, 0.4) is 0 Å². The van der Waals surface area contributed by atoms with E-state index >= 15 is 0 Å². The van der Waals surface area contributed by atoms with Gasteiger partial charge in [0, 0.05) is 12.6 Å². The van der Waals surface area contributed by atoms with E-state index in [1.165, 1.54) is 7.11 Å². The average Bonchev–Trinajstić information content (AvgIpc) is 3.33. The van der Waals surface area contributed by atoms with Gasteiger partial charge in [0.15, 0.2) is 0 Å². The normalized spacial score (nSPS) is 14.6. The molecule has 1 aromatic rings. The molecule has 1 amide bonds. The lowest BCUT2D eigenvalue weighted by Gasteiger charge is -2.21. The van der Waals surface area contributed by atoms with E-state index in [-0.39, 0.29) is 12.5 Å². The second-order valence-corrected chi connectivity index (χ2v) is 5.86. The van der Waals surface area contributed by atoms with Crippen molar-refractivity contribution < 1.29 is 14.3 Å². The minimum absolute atomic E-state index is 0.0296. The summed E-state index contributed by atoms with van der Waals surface area (Å²) in [7, 11) is 1.34. The van der Waals surface area contributed by atoms with Gasteiger partial charge in [-0.1, -0.05) is 29.8 Å². The third-order valence-corrected chi connectivity index (χ3v) is 4.05. The molecule has 22 heavy (non-hydrogen) atoms. The first-order chi connectivity index (χ1) is 10.5. The summed E-state index contributed by atoms with van der Waals surface area (Å²) in [6.07, 6.45) is 3.98. The molecule has 2 rings (SSSR count). The van der Waals surface area contributed by atoms with E-state index in [0.717, 1.165) is 29.5 Å². The zero-order chi connectivity index (χ0) is 16.1. The number of esters is 1. The molecule has 0 aliphatic heterocycles. The van der Waals surface area contributed by atoms with Crippen molar-refractivity contribution in [3.63, 3.8) is 0 Å². The van der Waals surface area contributed by atoms with Crippen molar-refractivity contribution in [3.05, 3.63) is 47.0 Å². The van der Waals surface area contributed by atoms with Crippen LogP contribution >= 0.6 is 0 Å². The summed E-state index contributed by atoms with van der Waals surface area (Å²) in [5, 5.41) is 0. The van der Waals surface area contributed by atoms with Crippen molar-refractivity contribution in [2.24, 2.45) is 5.92 Å². The number of allylic oxidation sites excluding steroid dienone is 1. The molecule has 1 aliphatic rings. The monoisotopic (exact) mass is 301 g/mol. The maximum Gasteiger partial charge on any atom is 0.325 e. The highest BCUT2D eigenvalue weighted by atomic mass is 16.5. The topological polar surface area (TPSA) is 46.6 Å². The van der Waals surface area contributed by atoms with Crippen LogP contribution < -0.4 is 0 Å². The van der Waals surface area contributed by atoms with Gasteiger partial charge in [0.05, 0.1) is 7.11 Å². The van der Waals surface area contributed by atoms with Gasteiger partial charge < -0.3 is 9.64 Å². The Morgan fingerprint density at radius 1 is 1.32 bits per heavy atom. The van der Waals surface area contributed by atoms with E-state index in [1.54, 1.807) is 11.0 Å². The smallest absolute Gasteiger partial charge is 0.325 e. The minimum Gasteiger partial charge on any atom is -0.468 e. The van der Waals surface area contributed by atoms with E-state index in [2.05, 4.69) is 0 Å². The Morgan fingerprint density at radius 2 is 2.00 bits per heavy atom. The zero-order valence-corrected chi connectivity index (χ0v) is 13.5. The van der Waals surface area contributed by atoms with Crippen molar-refractivity contribution in [3.8, 4) is 0 Å². The van der Waals surface area contributed by atoms with Crippen molar-refractivity contribution in [2.45, 2.75) is 33.2 Å². The van der Waals surface area contributed by atoms with E-state index in [1.807, 2.05) is 38.1 Å². The Labute approximate surface area is 131 Å². The zero-order valence-electron chi connectivity index (χ0n) is 13.5. The number of aryl methyl sites for hydroxylation is 1. The van der Waals surface area contributed by atoms with Crippen LogP contribution in [0.25, 0.3) is 0 Å². The van der Waals surface area contributed by atoms with Gasteiger partial charge in [0.25, 0.3) is 0 Å². The first-order valence-corrected chi connectivity index (χ1v) is 7.59. The quantitative estimate of drug-likeness (QED) is 0.599. The van der Waals surface area contributed by atoms with E-state index in [9.17, 15) is 9.59 Å². The van der Waals surface area contributed by atoms with Gasteiger partial charge >= 0.3 is 5.97 Å². The molecule has 1 saturated carbocycles. The molecule has 0 unspecified atom stereocenters. The van der Waals surface area contributed by atoms with Gasteiger partial charge in [-0.15, -0.1) is 0 Å². The van der Waals surface area contributed by atoms with Crippen molar-refractivity contribution >= 4 is 11.9 Å². The molecule has 1 aliphatic carbocycles. The van der Waals surface area contributed by atoms with Gasteiger partial charge in [0.1, 0.15) is 6.54 Å². The number of hydrogen-bond acceptors (Lipinski definition) is 3. The molecule has 0 radical (unpaired) electrons. The SMILES string of the molecule is COC(=O)CN(Cc1ccccc1C)C(=O)/C=C(\C)C1CC1. The maximum absolute atomic E-state index is 12.5. The summed E-state index contributed by atoms with van der Waals surface area (Å²) in [6, 6.07) is 7.88. The lowest BCUT2D eigenvalue weighted by molar-refractivity contribution is -0.145. The molecule has 1 aromatic carbocycles. The molecule has 0 saturated heterocycles. The number of carbonyl (C=O) groups excluding carboxylic acids is 2. The number of carbonyl (C=O) groups is 2. The van der Waals surface area contributed by atoms with Crippen molar-refractivity contribution in [2.75, 3.05) is 13.7 Å². The van der Waals surface area contributed by atoms with Gasteiger partial charge in [0.2, 0.25) is 5.91 Å². The predicted octanol–water partition coefficient (Wildman–Crippen LogP) is 2.85. The van der Waals surface area contributed by atoms with Crippen LogP contribution in [0.4, 0.5) is 0 Å². The fourth-order valence-electron chi connectivity index (χ4n) is 2.37. The van der Waals surface area contributed by atoms with Crippen LogP contribution in [0.5, 0.6) is 0 Å². The minimum atomic E-state index is -0.403. The fourth-order valence-corrected chi connectivity index (χ4v) is 2.37. The van der Waals surface area contributed by atoms with E-state index < -0.39 is 5.97 Å². The second kappa shape index (κ2) is 7.25. The second-order valence-electron chi connectivity index (χ2n) is 5.86. The standard InChI is InChI=1S/C18H23NO3/c1-13-6-4-5-7-16(13)11-19(12-18(21)22-3)17(20)10-14(2)15-8-9-15/h4-7,10,15H,8-9,11-12H2,1-3H3/b14-10+. The summed E-state index contributed by atoms with van der Waals surface area (Å²) < 4.78 is 4.71. The lowest BCUT2D eigenvalue weighted by Crippen LogP contribution is -2.35. The Kier molecular flexibility index (Phi) is 5.36. The predicted molar refractivity (Wildman–Crippen MR) is 85.1 cm³/mol. The number of rotatable bonds is 6.